The highest BCUT2D eigenvalue weighted by molar-refractivity contribution is 14.0. The first-order chi connectivity index (χ1) is 13.7. The predicted octanol–water partition coefficient (Wildman–Crippen LogP) is 3.38. The topological polar surface area (TPSA) is 62.2 Å². The van der Waals surface area contributed by atoms with Crippen LogP contribution in [0.4, 0.5) is 5.82 Å². The molecule has 7 nitrogen and oxygen atoms in total. The van der Waals surface area contributed by atoms with Crippen molar-refractivity contribution in [3.8, 4) is 11.5 Å². The number of nitrogens with one attached hydrogen (secondary N) is 1. The zero-order valence-electron chi connectivity index (χ0n) is 16.9. The van der Waals surface area contributed by atoms with Crippen LogP contribution in [-0.2, 0) is 6.54 Å². The van der Waals surface area contributed by atoms with Crippen molar-refractivity contribution in [3.63, 3.8) is 0 Å². The number of aromatic nitrogens is 1. The molecule has 0 radical (unpaired) electrons. The molecule has 0 atom stereocenters. The van der Waals surface area contributed by atoms with E-state index in [2.05, 4.69) is 47.1 Å². The van der Waals surface area contributed by atoms with Gasteiger partial charge in [-0.2, -0.15) is 0 Å². The number of anilines is 1. The number of benzene rings is 1. The van der Waals surface area contributed by atoms with Gasteiger partial charge < -0.3 is 24.6 Å². The first-order valence-electron chi connectivity index (χ1n) is 9.18. The number of ether oxygens (including phenoxy) is 2. The van der Waals surface area contributed by atoms with Crippen LogP contribution in [0.1, 0.15) is 5.56 Å². The number of nitrogens with zero attached hydrogens (tertiary/aromatic N) is 4. The molecule has 2 aromatic rings. The summed E-state index contributed by atoms with van der Waals surface area (Å²) in [4.78, 5) is 13.5. The van der Waals surface area contributed by atoms with E-state index in [4.69, 9.17) is 9.47 Å². The Kier molecular flexibility index (Phi) is 9.28. The maximum Gasteiger partial charge on any atom is 0.194 e. The summed E-state index contributed by atoms with van der Waals surface area (Å²) in [5.41, 5.74) is 1.07. The third kappa shape index (κ3) is 5.88. The quantitative estimate of drug-likeness (QED) is 0.335. The number of hydrogen-bond acceptors (Lipinski definition) is 5. The summed E-state index contributed by atoms with van der Waals surface area (Å²) in [5, 5.41) is 3.46. The predicted molar refractivity (Wildman–Crippen MR) is 131 cm³/mol. The lowest BCUT2D eigenvalue weighted by atomic mass is 10.2. The zero-order valence-corrected chi connectivity index (χ0v) is 20.8. The Morgan fingerprint density at radius 1 is 1.14 bits per heavy atom. The Hall–Kier alpha value is -1.75. The zero-order chi connectivity index (χ0) is 19.9. The van der Waals surface area contributed by atoms with E-state index in [1.54, 1.807) is 14.2 Å². The van der Waals surface area contributed by atoms with Gasteiger partial charge in [0.25, 0.3) is 0 Å². The number of pyridine rings is 1. The van der Waals surface area contributed by atoms with Crippen molar-refractivity contribution in [2.75, 3.05) is 52.3 Å². The second kappa shape index (κ2) is 11.4. The first kappa shape index (κ1) is 23.5. The largest absolute Gasteiger partial charge is 0.493 e. The highest BCUT2D eigenvalue weighted by atomic mass is 127. The van der Waals surface area contributed by atoms with Crippen LogP contribution < -0.4 is 19.7 Å². The number of hydrogen-bond donors (Lipinski definition) is 1. The van der Waals surface area contributed by atoms with Crippen molar-refractivity contribution >= 4 is 51.7 Å². The number of piperazine rings is 1. The molecule has 0 spiro atoms. The van der Waals surface area contributed by atoms with Gasteiger partial charge in [-0.15, -0.1) is 24.0 Å². The molecule has 2 heterocycles. The molecule has 1 fully saturated rings. The van der Waals surface area contributed by atoms with E-state index in [-0.39, 0.29) is 24.0 Å². The van der Waals surface area contributed by atoms with Crippen LogP contribution in [0.2, 0.25) is 0 Å². The van der Waals surface area contributed by atoms with E-state index >= 15 is 0 Å². The molecule has 0 saturated carbocycles. The van der Waals surface area contributed by atoms with Crippen molar-refractivity contribution in [2.24, 2.45) is 4.99 Å². The van der Waals surface area contributed by atoms with Gasteiger partial charge in [0, 0.05) is 50.4 Å². The standard InChI is InChI=1S/C20H26BrN5O2.HI/c1-22-20(24-14-15-12-17(27-2)18(28-3)13-16(15)21)26-10-8-25(9-11-26)19-6-4-5-7-23-19;/h4-7,12-13H,8-11,14H2,1-3H3,(H,22,24);1H. The van der Waals surface area contributed by atoms with Gasteiger partial charge in [-0.05, 0) is 29.8 Å². The second-order valence-corrected chi connectivity index (χ2v) is 7.22. The third-order valence-corrected chi connectivity index (χ3v) is 5.49. The Bertz CT molecular complexity index is 814. The molecular formula is C20H27BrIN5O2. The van der Waals surface area contributed by atoms with Crippen LogP contribution >= 0.6 is 39.9 Å². The fourth-order valence-electron chi connectivity index (χ4n) is 3.23. The van der Waals surface area contributed by atoms with E-state index in [1.165, 1.54) is 0 Å². The van der Waals surface area contributed by atoms with Crippen molar-refractivity contribution < 1.29 is 9.47 Å². The Balaban J connectivity index is 0.00000300. The molecule has 1 aliphatic rings. The second-order valence-electron chi connectivity index (χ2n) is 6.36. The van der Waals surface area contributed by atoms with Gasteiger partial charge in [0.15, 0.2) is 17.5 Å². The van der Waals surface area contributed by atoms with E-state index in [0.29, 0.717) is 18.0 Å². The normalized spacial score (nSPS) is 14.3. The number of rotatable bonds is 5. The fraction of sp³-hybridized carbons (Fsp3) is 0.400. The van der Waals surface area contributed by atoms with Crippen LogP contribution in [0.5, 0.6) is 11.5 Å². The molecular weight excluding hydrogens is 549 g/mol. The van der Waals surface area contributed by atoms with Crippen LogP contribution in [0.25, 0.3) is 0 Å². The molecule has 1 saturated heterocycles. The van der Waals surface area contributed by atoms with E-state index in [1.807, 2.05) is 37.5 Å². The minimum Gasteiger partial charge on any atom is -0.493 e. The molecule has 0 bridgehead atoms. The van der Waals surface area contributed by atoms with Gasteiger partial charge in [-0.1, -0.05) is 22.0 Å². The first-order valence-corrected chi connectivity index (χ1v) is 9.97. The van der Waals surface area contributed by atoms with E-state index in [9.17, 15) is 0 Å². The van der Waals surface area contributed by atoms with Crippen molar-refractivity contribution in [1.82, 2.24) is 15.2 Å². The minimum atomic E-state index is 0. The Morgan fingerprint density at radius 2 is 1.83 bits per heavy atom. The van der Waals surface area contributed by atoms with Gasteiger partial charge in [-0.25, -0.2) is 4.98 Å². The summed E-state index contributed by atoms with van der Waals surface area (Å²) in [6, 6.07) is 9.91. The number of aliphatic imine (C=N–C) groups is 1. The number of methoxy groups -OCH3 is 2. The van der Waals surface area contributed by atoms with Gasteiger partial charge in [0.2, 0.25) is 0 Å². The van der Waals surface area contributed by atoms with Crippen LogP contribution in [0.3, 0.4) is 0 Å². The molecule has 0 aliphatic carbocycles. The van der Waals surface area contributed by atoms with Gasteiger partial charge >= 0.3 is 0 Å². The van der Waals surface area contributed by atoms with E-state index < -0.39 is 0 Å². The van der Waals surface area contributed by atoms with Crippen LogP contribution in [0, 0.1) is 0 Å². The van der Waals surface area contributed by atoms with Gasteiger partial charge in [0.05, 0.1) is 14.2 Å². The average molecular weight is 576 g/mol. The Labute approximate surface area is 197 Å². The summed E-state index contributed by atoms with van der Waals surface area (Å²) < 4.78 is 11.7. The molecule has 1 N–H and O–H groups in total. The van der Waals surface area contributed by atoms with E-state index in [0.717, 1.165) is 48.0 Å². The van der Waals surface area contributed by atoms with Crippen LogP contribution in [0.15, 0.2) is 46.0 Å². The number of halogens is 2. The fourth-order valence-corrected chi connectivity index (χ4v) is 3.69. The molecule has 3 rings (SSSR count). The maximum atomic E-state index is 5.41. The molecule has 1 aromatic carbocycles. The van der Waals surface area contributed by atoms with Crippen molar-refractivity contribution in [2.45, 2.75) is 6.54 Å². The summed E-state index contributed by atoms with van der Waals surface area (Å²) in [7, 11) is 5.09. The van der Waals surface area contributed by atoms with Crippen LogP contribution in [-0.4, -0.2) is 63.3 Å². The minimum absolute atomic E-state index is 0. The summed E-state index contributed by atoms with van der Waals surface area (Å²) in [5.74, 6) is 3.33. The molecule has 1 aliphatic heterocycles. The van der Waals surface area contributed by atoms with Crippen molar-refractivity contribution in [3.05, 3.63) is 46.6 Å². The molecule has 29 heavy (non-hydrogen) atoms. The monoisotopic (exact) mass is 575 g/mol. The maximum absolute atomic E-state index is 5.41. The van der Waals surface area contributed by atoms with Crippen molar-refractivity contribution in [1.29, 1.82) is 0 Å². The number of guanidine groups is 1. The highest BCUT2D eigenvalue weighted by Gasteiger charge is 2.20. The lowest BCUT2D eigenvalue weighted by molar-refractivity contribution is 0.354. The smallest absolute Gasteiger partial charge is 0.194 e. The average Bonchev–Trinajstić information content (AvgIpc) is 2.75. The Morgan fingerprint density at radius 3 is 2.41 bits per heavy atom. The SMILES string of the molecule is CN=C(NCc1cc(OC)c(OC)cc1Br)N1CCN(c2ccccn2)CC1.I. The third-order valence-electron chi connectivity index (χ3n) is 4.75. The molecule has 158 valence electrons. The molecule has 9 heteroatoms. The highest BCUT2D eigenvalue weighted by Crippen LogP contribution is 2.33. The van der Waals surface area contributed by atoms with Gasteiger partial charge in [0.1, 0.15) is 5.82 Å². The summed E-state index contributed by atoms with van der Waals surface area (Å²) in [6.07, 6.45) is 1.84. The van der Waals surface area contributed by atoms with Gasteiger partial charge in [-0.3, -0.25) is 4.99 Å². The lowest BCUT2D eigenvalue weighted by Gasteiger charge is -2.37. The lowest BCUT2D eigenvalue weighted by Crippen LogP contribution is -2.52. The molecule has 0 unspecified atom stereocenters. The summed E-state index contributed by atoms with van der Waals surface area (Å²) in [6.45, 7) is 4.25. The molecule has 1 aromatic heterocycles. The molecule has 0 amide bonds. The summed E-state index contributed by atoms with van der Waals surface area (Å²) >= 11 is 3.61.